The molecule has 0 aliphatic rings. The Bertz CT molecular complexity index is 742. The maximum atomic E-state index is 13.4. The number of aryl methyl sites for hydroxylation is 1. The van der Waals surface area contributed by atoms with Crippen molar-refractivity contribution in [3.8, 4) is 0 Å². The van der Waals surface area contributed by atoms with Crippen LogP contribution >= 0.6 is 11.6 Å². The Balaban J connectivity index is 2.44. The van der Waals surface area contributed by atoms with E-state index in [2.05, 4.69) is 9.71 Å². The third-order valence-corrected chi connectivity index (χ3v) is 4.18. The summed E-state index contributed by atoms with van der Waals surface area (Å²) in [4.78, 5) is 3.67. The van der Waals surface area contributed by atoms with E-state index in [1.807, 2.05) is 0 Å². The van der Waals surface area contributed by atoms with Crippen LogP contribution in [0.4, 0.5) is 15.9 Å². The van der Waals surface area contributed by atoms with E-state index in [9.17, 15) is 12.8 Å². The molecular formula is C12H11ClFN3O2S. The van der Waals surface area contributed by atoms with Gasteiger partial charge in [-0.2, -0.15) is 0 Å². The molecule has 0 aliphatic heterocycles. The summed E-state index contributed by atoms with van der Waals surface area (Å²) in [5.41, 5.74) is 5.33. The largest absolute Gasteiger partial charge is 0.396 e. The molecule has 20 heavy (non-hydrogen) atoms. The number of sulfonamides is 1. The fraction of sp³-hybridized carbons (Fsp3) is 0.0833. The van der Waals surface area contributed by atoms with Gasteiger partial charge in [0.1, 0.15) is 5.82 Å². The third kappa shape index (κ3) is 2.83. The van der Waals surface area contributed by atoms with E-state index < -0.39 is 15.8 Å². The molecule has 2 aromatic rings. The number of nitrogen functional groups attached to an aromatic ring is 1. The van der Waals surface area contributed by atoms with Crippen molar-refractivity contribution in [2.75, 3.05) is 10.5 Å². The van der Waals surface area contributed by atoms with E-state index in [0.29, 0.717) is 0 Å². The molecule has 1 aromatic carbocycles. The molecule has 0 spiro atoms. The zero-order chi connectivity index (χ0) is 14.9. The van der Waals surface area contributed by atoms with Gasteiger partial charge in [0, 0.05) is 6.20 Å². The molecule has 0 amide bonds. The summed E-state index contributed by atoms with van der Waals surface area (Å²) in [6.45, 7) is 1.43. The molecule has 0 saturated heterocycles. The van der Waals surface area contributed by atoms with E-state index in [0.717, 1.165) is 6.07 Å². The van der Waals surface area contributed by atoms with Crippen molar-refractivity contribution in [2.45, 2.75) is 11.8 Å². The van der Waals surface area contributed by atoms with Gasteiger partial charge in [0.25, 0.3) is 10.0 Å². The van der Waals surface area contributed by atoms with Crippen LogP contribution in [0.15, 0.2) is 35.4 Å². The summed E-state index contributed by atoms with van der Waals surface area (Å²) in [6, 6.07) is 5.29. The predicted molar refractivity (Wildman–Crippen MR) is 75.6 cm³/mol. The number of nitrogens with two attached hydrogens (primary N) is 1. The van der Waals surface area contributed by atoms with Gasteiger partial charge in [-0.15, -0.1) is 0 Å². The van der Waals surface area contributed by atoms with E-state index in [1.54, 1.807) is 6.07 Å². The Morgan fingerprint density at radius 2 is 2.10 bits per heavy atom. The summed E-state index contributed by atoms with van der Waals surface area (Å²) < 4.78 is 40.0. The van der Waals surface area contributed by atoms with Crippen molar-refractivity contribution < 1.29 is 12.8 Å². The highest BCUT2D eigenvalue weighted by Crippen LogP contribution is 2.25. The molecule has 1 heterocycles. The predicted octanol–water partition coefficient (Wildman–Crippen LogP) is 2.57. The number of nitrogens with zero attached hydrogens (tertiary/aromatic N) is 1. The van der Waals surface area contributed by atoms with Gasteiger partial charge in [-0.3, -0.25) is 4.72 Å². The van der Waals surface area contributed by atoms with Crippen molar-refractivity contribution in [3.63, 3.8) is 0 Å². The lowest BCUT2D eigenvalue weighted by Gasteiger charge is -2.10. The Kier molecular flexibility index (Phi) is 3.82. The first-order valence-corrected chi connectivity index (χ1v) is 7.36. The minimum Gasteiger partial charge on any atom is -0.396 e. The summed E-state index contributed by atoms with van der Waals surface area (Å²) in [6.07, 6.45) is 1.40. The summed E-state index contributed by atoms with van der Waals surface area (Å²) in [7, 11) is -3.94. The molecule has 0 radical (unpaired) electrons. The number of hydrogen-bond donors (Lipinski definition) is 2. The standard InChI is InChI=1S/C12H11ClFN3O2S/c1-7-5-8(6-10(15)11(7)14)20(18,19)17-12-9(13)3-2-4-16-12/h2-6H,15H2,1H3,(H,16,17). The van der Waals surface area contributed by atoms with Crippen molar-refractivity contribution in [1.82, 2.24) is 4.98 Å². The fourth-order valence-corrected chi connectivity index (χ4v) is 2.94. The Hall–Kier alpha value is -1.86. The zero-order valence-electron chi connectivity index (χ0n) is 10.4. The summed E-state index contributed by atoms with van der Waals surface area (Å²) in [5, 5.41) is 0.155. The van der Waals surface area contributed by atoms with Crippen LogP contribution < -0.4 is 10.5 Å². The monoisotopic (exact) mass is 315 g/mol. The highest BCUT2D eigenvalue weighted by Gasteiger charge is 2.19. The minimum absolute atomic E-state index is 0.00489. The van der Waals surface area contributed by atoms with Crippen LogP contribution in [0.3, 0.4) is 0 Å². The minimum atomic E-state index is -3.94. The van der Waals surface area contributed by atoms with Gasteiger partial charge in [0.05, 0.1) is 15.6 Å². The molecule has 0 atom stereocenters. The van der Waals surface area contributed by atoms with Gasteiger partial charge < -0.3 is 5.73 Å². The highest BCUT2D eigenvalue weighted by molar-refractivity contribution is 7.92. The number of aromatic nitrogens is 1. The summed E-state index contributed by atoms with van der Waals surface area (Å²) >= 11 is 5.83. The van der Waals surface area contributed by atoms with Crippen LogP contribution in [-0.2, 0) is 10.0 Å². The molecule has 5 nitrogen and oxygen atoms in total. The SMILES string of the molecule is Cc1cc(S(=O)(=O)Nc2ncccc2Cl)cc(N)c1F. The van der Waals surface area contributed by atoms with Crippen LogP contribution in [0.2, 0.25) is 5.02 Å². The van der Waals surface area contributed by atoms with E-state index in [-0.39, 0.29) is 27.0 Å². The molecule has 8 heteroatoms. The first-order valence-electron chi connectivity index (χ1n) is 5.50. The first-order chi connectivity index (χ1) is 9.31. The molecule has 106 valence electrons. The van der Waals surface area contributed by atoms with Gasteiger partial charge in [-0.1, -0.05) is 11.6 Å². The van der Waals surface area contributed by atoms with Gasteiger partial charge in [-0.25, -0.2) is 17.8 Å². The smallest absolute Gasteiger partial charge is 0.263 e. The second-order valence-corrected chi connectivity index (χ2v) is 6.17. The maximum absolute atomic E-state index is 13.4. The number of pyridine rings is 1. The second-order valence-electron chi connectivity index (χ2n) is 4.08. The topological polar surface area (TPSA) is 85.1 Å². The number of anilines is 2. The third-order valence-electron chi connectivity index (χ3n) is 2.56. The average molecular weight is 316 g/mol. The van der Waals surface area contributed by atoms with Crippen molar-refractivity contribution in [1.29, 1.82) is 0 Å². The van der Waals surface area contributed by atoms with Crippen LogP contribution in [0.5, 0.6) is 0 Å². The van der Waals surface area contributed by atoms with Crippen LogP contribution in [-0.4, -0.2) is 13.4 Å². The second kappa shape index (κ2) is 5.26. The highest BCUT2D eigenvalue weighted by atomic mass is 35.5. The summed E-state index contributed by atoms with van der Waals surface area (Å²) in [5.74, 6) is -0.644. The van der Waals surface area contributed by atoms with Gasteiger partial charge in [0.15, 0.2) is 5.82 Å². The molecule has 0 unspecified atom stereocenters. The molecule has 0 aliphatic carbocycles. The molecular weight excluding hydrogens is 305 g/mol. The lowest BCUT2D eigenvalue weighted by molar-refractivity contribution is 0.599. The maximum Gasteiger partial charge on any atom is 0.263 e. The Labute approximate surface area is 120 Å². The Morgan fingerprint density at radius 3 is 2.70 bits per heavy atom. The van der Waals surface area contributed by atoms with Gasteiger partial charge in [-0.05, 0) is 36.8 Å². The average Bonchev–Trinajstić information content (AvgIpc) is 2.38. The number of benzene rings is 1. The number of rotatable bonds is 3. The molecule has 1 aromatic heterocycles. The number of hydrogen-bond acceptors (Lipinski definition) is 4. The molecule has 0 fully saturated rings. The molecule has 2 rings (SSSR count). The van der Waals surface area contributed by atoms with Crippen molar-refractivity contribution >= 4 is 33.1 Å². The van der Waals surface area contributed by atoms with Crippen LogP contribution in [0.25, 0.3) is 0 Å². The van der Waals surface area contributed by atoms with E-state index in [1.165, 1.54) is 25.3 Å². The van der Waals surface area contributed by atoms with Crippen LogP contribution in [0, 0.1) is 12.7 Å². The van der Waals surface area contributed by atoms with E-state index in [4.69, 9.17) is 17.3 Å². The Morgan fingerprint density at radius 1 is 1.40 bits per heavy atom. The zero-order valence-corrected chi connectivity index (χ0v) is 12.0. The molecule has 0 saturated carbocycles. The van der Waals surface area contributed by atoms with Gasteiger partial charge in [0.2, 0.25) is 0 Å². The number of halogens is 2. The van der Waals surface area contributed by atoms with Gasteiger partial charge >= 0.3 is 0 Å². The van der Waals surface area contributed by atoms with Crippen LogP contribution in [0.1, 0.15) is 5.56 Å². The number of nitrogens with one attached hydrogen (secondary N) is 1. The molecule has 0 bridgehead atoms. The lowest BCUT2D eigenvalue weighted by atomic mass is 10.2. The first kappa shape index (κ1) is 14.5. The fourth-order valence-electron chi connectivity index (χ4n) is 1.56. The lowest BCUT2D eigenvalue weighted by Crippen LogP contribution is -2.15. The van der Waals surface area contributed by atoms with Crippen molar-refractivity contribution in [2.24, 2.45) is 0 Å². The molecule has 3 N–H and O–H groups in total. The van der Waals surface area contributed by atoms with E-state index >= 15 is 0 Å². The quantitative estimate of drug-likeness (QED) is 0.852. The van der Waals surface area contributed by atoms with Crippen molar-refractivity contribution in [3.05, 3.63) is 46.9 Å². The normalized spacial score (nSPS) is 11.3.